The average Bonchev–Trinajstić information content (AvgIpc) is 2.11. The van der Waals surface area contributed by atoms with E-state index in [1.807, 2.05) is 0 Å². The highest BCUT2D eigenvalue weighted by molar-refractivity contribution is 7.90. The summed E-state index contributed by atoms with van der Waals surface area (Å²) in [6.07, 6.45) is 0.218. The summed E-state index contributed by atoms with van der Waals surface area (Å²) in [6, 6.07) is 0. The molecule has 0 aliphatic carbocycles. The molecule has 90 valence electrons. The minimum atomic E-state index is -3.12. The number of aliphatic hydroxyl groups excluding tert-OH is 1. The Balaban J connectivity index is 3.67. The number of carbonyl (C=O) groups is 1. The Labute approximate surface area is 89.5 Å². The van der Waals surface area contributed by atoms with Crippen LogP contribution < -0.4 is 5.32 Å². The molecule has 6 nitrogen and oxygen atoms in total. The van der Waals surface area contributed by atoms with Crippen LogP contribution in [-0.2, 0) is 19.4 Å². The maximum absolute atomic E-state index is 11.1. The maximum atomic E-state index is 11.1. The Morgan fingerprint density at radius 1 is 1.53 bits per heavy atom. The highest BCUT2D eigenvalue weighted by Gasteiger charge is 2.09. The Kier molecular flexibility index (Phi) is 6.46. The van der Waals surface area contributed by atoms with Crippen LogP contribution in [0.25, 0.3) is 0 Å². The normalized spacial score (nSPS) is 13.5. The molecule has 0 saturated heterocycles. The van der Waals surface area contributed by atoms with E-state index in [0.29, 0.717) is 0 Å². The zero-order valence-corrected chi connectivity index (χ0v) is 9.71. The number of hydrogen-bond acceptors (Lipinski definition) is 5. The van der Waals surface area contributed by atoms with E-state index in [1.54, 1.807) is 0 Å². The highest BCUT2D eigenvalue weighted by atomic mass is 32.2. The van der Waals surface area contributed by atoms with Gasteiger partial charge in [-0.2, -0.15) is 0 Å². The quantitative estimate of drug-likeness (QED) is 0.566. The first-order valence-electron chi connectivity index (χ1n) is 4.46. The lowest BCUT2D eigenvalue weighted by molar-refractivity contribution is -0.121. The smallest absolute Gasteiger partial charge is 0.221 e. The summed E-state index contributed by atoms with van der Waals surface area (Å²) in [6.45, 7) is 0.197. The van der Waals surface area contributed by atoms with Crippen LogP contribution in [0.15, 0.2) is 0 Å². The summed E-state index contributed by atoms with van der Waals surface area (Å²) in [7, 11) is -1.68. The molecule has 0 radical (unpaired) electrons. The van der Waals surface area contributed by atoms with E-state index in [9.17, 15) is 13.2 Å². The fourth-order valence-corrected chi connectivity index (χ4v) is 1.41. The number of amides is 1. The van der Waals surface area contributed by atoms with Gasteiger partial charge in [-0.1, -0.05) is 0 Å². The summed E-state index contributed by atoms with van der Waals surface area (Å²) >= 11 is 0. The van der Waals surface area contributed by atoms with Gasteiger partial charge in [-0.3, -0.25) is 4.79 Å². The zero-order chi connectivity index (χ0) is 11.9. The SMILES string of the molecule is COCC(O)CNC(=O)CCS(C)(=O)=O. The molecule has 0 heterocycles. The van der Waals surface area contributed by atoms with Crippen molar-refractivity contribution in [3.8, 4) is 0 Å². The molecular formula is C8H17NO5S. The van der Waals surface area contributed by atoms with Gasteiger partial charge >= 0.3 is 0 Å². The Hall–Kier alpha value is -0.660. The predicted molar refractivity (Wildman–Crippen MR) is 55.2 cm³/mol. The standard InChI is InChI=1S/C8H17NO5S/c1-14-6-7(10)5-9-8(11)3-4-15(2,12)13/h7,10H,3-6H2,1-2H3,(H,9,11). The van der Waals surface area contributed by atoms with Gasteiger partial charge in [0.05, 0.1) is 18.5 Å². The largest absolute Gasteiger partial charge is 0.389 e. The van der Waals surface area contributed by atoms with E-state index >= 15 is 0 Å². The van der Waals surface area contributed by atoms with Crippen molar-refractivity contribution in [1.82, 2.24) is 5.32 Å². The van der Waals surface area contributed by atoms with Crippen LogP contribution in [0.5, 0.6) is 0 Å². The van der Waals surface area contributed by atoms with Crippen LogP contribution in [0, 0.1) is 0 Å². The van der Waals surface area contributed by atoms with E-state index in [2.05, 4.69) is 10.1 Å². The summed E-state index contributed by atoms with van der Waals surface area (Å²) in [4.78, 5) is 11.1. The molecule has 0 rings (SSSR count). The van der Waals surface area contributed by atoms with Gasteiger partial charge in [0, 0.05) is 26.3 Å². The third-order valence-electron chi connectivity index (χ3n) is 1.59. The van der Waals surface area contributed by atoms with Gasteiger partial charge in [0.2, 0.25) is 5.91 Å². The van der Waals surface area contributed by atoms with Gasteiger partial charge in [-0.15, -0.1) is 0 Å². The molecule has 2 N–H and O–H groups in total. The van der Waals surface area contributed by atoms with Gasteiger partial charge in [0.15, 0.2) is 0 Å². The molecule has 0 aliphatic rings. The second-order valence-electron chi connectivity index (χ2n) is 3.29. The zero-order valence-electron chi connectivity index (χ0n) is 8.89. The van der Waals surface area contributed by atoms with Gasteiger partial charge in [0.1, 0.15) is 9.84 Å². The molecule has 0 bridgehead atoms. The minimum absolute atomic E-state index is 0.0659. The second-order valence-corrected chi connectivity index (χ2v) is 5.55. The number of methoxy groups -OCH3 is 1. The predicted octanol–water partition coefficient (Wildman–Crippen LogP) is -1.46. The van der Waals surface area contributed by atoms with Gasteiger partial charge in [-0.25, -0.2) is 8.42 Å². The van der Waals surface area contributed by atoms with Crippen molar-refractivity contribution in [3.05, 3.63) is 0 Å². The first-order chi connectivity index (χ1) is 6.85. The van der Waals surface area contributed by atoms with E-state index in [1.165, 1.54) is 7.11 Å². The lowest BCUT2D eigenvalue weighted by Crippen LogP contribution is -2.35. The van der Waals surface area contributed by atoms with Crippen LogP contribution >= 0.6 is 0 Å². The fourth-order valence-electron chi connectivity index (χ4n) is 0.849. The van der Waals surface area contributed by atoms with Crippen molar-refractivity contribution >= 4 is 15.7 Å². The third kappa shape index (κ3) is 9.64. The molecule has 0 spiro atoms. The molecule has 0 aromatic carbocycles. The monoisotopic (exact) mass is 239 g/mol. The number of hydrogen-bond donors (Lipinski definition) is 2. The molecule has 1 unspecified atom stereocenters. The van der Waals surface area contributed by atoms with Crippen molar-refractivity contribution in [2.24, 2.45) is 0 Å². The van der Waals surface area contributed by atoms with E-state index in [-0.39, 0.29) is 25.3 Å². The highest BCUT2D eigenvalue weighted by Crippen LogP contribution is 1.89. The molecule has 0 fully saturated rings. The number of aliphatic hydroxyl groups is 1. The van der Waals surface area contributed by atoms with Crippen LogP contribution in [0.1, 0.15) is 6.42 Å². The van der Waals surface area contributed by atoms with E-state index < -0.39 is 21.8 Å². The topological polar surface area (TPSA) is 92.7 Å². The van der Waals surface area contributed by atoms with Crippen molar-refractivity contribution in [2.75, 3.05) is 32.3 Å². The molecule has 1 atom stereocenters. The van der Waals surface area contributed by atoms with Crippen molar-refractivity contribution in [1.29, 1.82) is 0 Å². The van der Waals surface area contributed by atoms with E-state index in [0.717, 1.165) is 6.26 Å². The first-order valence-corrected chi connectivity index (χ1v) is 6.52. The van der Waals surface area contributed by atoms with Crippen molar-refractivity contribution < 1.29 is 23.1 Å². The maximum Gasteiger partial charge on any atom is 0.221 e. The van der Waals surface area contributed by atoms with Gasteiger partial charge in [0.25, 0.3) is 0 Å². The molecule has 0 aliphatic heterocycles. The van der Waals surface area contributed by atoms with Crippen LogP contribution in [0.2, 0.25) is 0 Å². The summed E-state index contributed by atoms with van der Waals surface area (Å²) in [5.74, 6) is -0.574. The molecule has 0 aromatic rings. The third-order valence-corrected chi connectivity index (χ3v) is 2.54. The van der Waals surface area contributed by atoms with Crippen LogP contribution in [-0.4, -0.2) is 57.8 Å². The van der Waals surface area contributed by atoms with Crippen LogP contribution in [0.4, 0.5) is 0 Å². The number of carbonyl (C=O) groups excluding carboxylic acids is 1. The molecule has 15 heavy (non-hydrogen) atoms. The van der Waals surface area contributed by atoms with Gasteiger partial charge in [-0.05, 0) is 0 Å². The molecule has 7 heteroatoms. The summed E-state index contributed by atoms with van der Waals surface area (Å²) in [5, 5.41) is 11.6. The number of ether oxygens (including phenoxy) is 1. The summed E-state index contributed by atoms with van der Waals surface area (Å²) < 4.78 is 26.1. The van der Waals surface area contributed by atoms with Crippen LogP contribution in [0.3, 0.4) is 0 Å². The molecule has 0 saturated carbocycles. The lowest BCUT2D eigenvalue weighted by atomic mass is 10.3. The minimum Gasteiger partial charge on any atom is -0.389 e. The number of rotatable bonds is 7. The number of nitrogens with one attached hydrogen (secondary N) is 1. The molecule has 0 aromatic heterocycles. The van der Waals surface area contributed by atoms with Gasteiger partial charge < -0.3 is 15.2 Å². The molecular weight excluding hydrogens is 222 g/mol. The Bertz CT molecular complexity index is 287. The summed E-state index contributed by atoms with van der Waals surface area (Å²) in [5.41, 5.74) is 0. The number of sulfone groups is 1. The van der Waals surface area contributed by atoms with Crippen molar-refractivity contribution in [2.45, 2.75) is 12.5 Å². The first kappa shape index (κ1) is 14.3. The average molecular weight is 239 g/mol. The second kappa shape index (κ2) is 6.76. The Morgan fingerprint density at radius 2 is 2.13 bits per heavy atom. The fraction of sp³-hybridized carbons (Fsp3) is 0.875. The Morgan fingerprint density at radius 3 is 2.60 bits per heavy atom. The van der Waals surface area contributed by atoms with E-state index in [4.69, 9.17) is 5.11 Å². The van der Waals surface area contributed by atoms with Crippen molar-refractivity contribution in [3.63, 3.8) is 0 Å². The lowest BCUT2D eigenvalue weighted by Gasteiger charge is -2.10. The molecule has 1 amide bonds.